The Balaban J connectivity index is 1.17. The van der Waals surface area contributed by atoms with Crippen LogP contribution in [-0.2, 0) is 5.41 Å². The molecule has 10 rings (SSSR count). The van der Waals surface area contributed by atoms with E-state index in [1.165, 1.54) is 55.0 Å². The molecule has 6 aromatic carbocycles. The number of rotatable bonds is 7. The van der Waals surface area contributed by atoms with Crippen molar-refractivity contribution in [2.45, 2.75) is 74.7 Å². The van der Waals surface area contributed by atoms with Gasteiger partial charge < -0.3 is 9.30 Å². The molecule has 61 heavy (non-hydrogen) atoms. The molecule has 0 aliphatic heterocycles. The smallest absolute Gasteiger partial charge is 0.142 e. The summed E-state index contributed by atoms with van der Waals surface area (Å²) in [5, 5.41) is 9.75. The Bertz CT molecular complexity index is 3330. The topological polar surface area (TPSA) is 49.8 Å². The Hall–Kier alpha value is -6.92. The van der Waals surface area contributed by atoms with Gasteiger partial charge >= 0.3 is 0 Å². The minimum Gasteiger partial charge on any atom is -0.457 e. The lowest BCUT2D eigenvalue weighted by Gasteiger charge is -2.27. The van der Waals surface area contributed by atoms with Crippen LogP contribution in [0.4, 0.5) is 0 Å². The average molecular weight is 798 g/mol. The summed E-state index contributed by atoms with van der Waals surface area (Å²) in [5.41, 5.74) is 18.2. The minimum absolute atomic E-state index is 0.292. The maximum absolute atomic E-state index is 6.95. The van der Waals surface area contributed by atoms with E-state index in [1.54, 1.807) is 0 Å². The summed E-state index contributed by atoms with van der Waals surface area (Å²) < 4.78 is 13.8. The van der Waals surface area contributed by atoms with Crippen molar-refractivity contribution in [2.24, 2.45) is 0 Å². The zero-order valence-electron chi connectivity index (χ0n) is 36.8. The Labute approximate surface area is 357 Å². The number of nitrogens with zero attached hydrogens (tertiary/aromatic N) is 5. The van der Waals surface area contributed by atoms with Crippen molar-refractivity contribution in [2.75, 3.05) is 0 Å². The van der Waals surface area contributed by atoms with E-state index in [0.717, 1.165) is 73.2 Å². The molecular formula is C55H51N5O. The first-order valence-electron chi connectivity index (χ1n) is 21.2. The zero-order valence-corrected chi connectivity index (χ0v) is 36.8. The van der Waals surface area contributed by atoms with Gasteiger partial charge in [-0.3, -0.25) is 4.57 Å². The van der Waals surface area contributed by atoms with Crippen molar-refractivity contribution in [1.29, 1.82) is 0 Å². The molecule has 0 atom stereocenters. The van der Waals surface area contributed by atoms with E-state index in [4.69, 9.17) is 14.8 Å². The molecule has 6 nitrogen and oxygen atoms in total. The van der Waals surface area contributed by atoms with Crippen molar-refractivity contribution in [3.63, 3.8) is 0 Å². The molecule has 0 spiro atoms. The number of aryl methyl sites for hydroxylation is 7. The second kappa shape index (κ2) is 14.1. The summed E-state index contributed by atoms with van der Waals surface area (Å²) in [6, 6.07) is 43.7. The number of aromatic nitrogens is 5. The van der Waals surface area contributed by atoms with Crippen molar-refractivity contribution in [3.8, 4) is 28.7 Å². The first kappa shape index (κ1) is 38.3. The quantitative estimate of drug-likeness (QED) is 0.161. The highest BCUT2D eigenvalue weighted by molar-refractivity contribution is 6.12. The highest BCUT2D eigenvalue weighted by Crippen LogP contribution is 2.42. The van der Waals surface area contributed by atoms with E-state index in [2.05, 4.69) is 193 Å². The van der Waals surface area contributed by atoms with Crippen LogP contribution in [0.2, 0.25) is 0 Å². The normalized spacial score (nSPS) is 12.1. The summed E-state index contributed by atoms with van der Waals surface area (Å²) in [7, 11) is 0. The summed E-state index contributed by atoms with van der Waals surface area (Å²) in [5.74, 6) is 2.39. The van der Waals surface area contributed by atoms with Crippen molar-refractivity contribution < 1.29 is 4.74 Å². The first-order valence-corrected chi connectivity index (χ1v) is 21.2. The molecule has 6 heteroatoms. The van der Waals surface area contributed by atoms with E-state index < -0.39 is 0 Å². The molecular weight excluding hydrogens is 747 g/mol. The van der Waals surface area contributed by atoms with Gasteiger partial charge in [0.15, 0.2) is 0 Å². The molecule has 0 radical (unpaired) electrons. The lowest BCUT2D eigenvalue weighted by atomic mass is 9.78. The van der Waals surface area contributed by atoms with Gasteiger partial charge in [0.25, 0.3) is 0 Å². The van der Waals surface area contributed by atoms with E-state index in [0.29, 0.717) is 0 Å². The van der Waals surface area contributed by atoms with Gasteiger partial charge in [0, 0.05) is 56.5 Å². The molecule has 0 amide bonds. The summed E-state index contributed by atoms with van der Waals surface area (Å²) in [6.45, 7) is 22.0. The van der Waals surface area contributed by atoms with E-state index >= 15 is 0 Å². The molecule has 4 aromatic heterocycles. The van der Waals surface area contributed by atoms with Crippen LogP contribution in [-0.4, -0.2) is 23.9 Å². The molecule has 0 saturated carbocycles. The van der Waals surface area contributed by atoms with Crippen LogP contribution in [0.15, 0.2) is 128 Å². The number of hydrogen-bond donors (Lipinski definition) is 0. The molecule has 0 unspecified atom stereocenters. The van der Waals surface area contributed by atoms with Crippen LogP contribution >= 0.6 is 0 Å². The standard InChI is InChI=1S/C55H51N5O/c1-32-22-34(3)52-47(24-32)48-25-33(2)23-35(4)53(48)59(52)51-36(5)31-56-54(39(51)8)58-49-19-15-14-18-45(49)46-21-20-43(30-50(46)58)61-44-28-41(55(9,10)40-16-12-11-13-17-40)27-42(29-44)60-38(7)26-37(6)57-60/h11-31H,1-10H3. The van der Waals surface area contributed by atoms with Gasteiger partial charge in [-0.25, -0.2) is 9.67 Å². The second-order valence-corrected chi connectivity index (χ2v) is 17.7. The van der Waals surface area contributed by atoms with Crippen LogP contribution < -0.4 is 4.74 Å². The molecule has 0 bridgehead atoms. The summed E-state index contributed by atoms with van der Waals surface area (Å²) in [4.78, 5) is 5.26. The molecule has 0 saturated heterocycles. The first-order chi connectivity index (χ1) is 29.3. The monoisotopic (exact) mass is 797 g/mol. The largest absolute Gasteiger partial charge is 0.457 e. The predicted octanol–water partition coefficient (Wildman–Crippen LogP) is 14.0. The van der Waals surface area contributed by atoms with Crippen molar-refractivity contribution in [1.82, 2.24) is 23.9 Å². The van der Waals surface area contributed by atoms with Crippen molar-refractivity contribution in [3.05, 3.63) is 183 Å². The number of pyridine rings is 1. The molecule has 302 valence electrons. The third-order valence-electron chi connectivity index (χ3n) is 12.8. The van der Waals surface area contributed by atoms with Gasteiger partial charge in [-0.1, -0.05) is 85.6 Å². The fourth-order valence-electron chi connectivity index (χ4n) is 9.96. The third kappa shape index (κ3) is 6.15. The molecule has 10 aromatic rings. The number of ether oxygens (including phenoxy) is 1. The highest BCUT2D eigenvalue weighted by Gasteiger charge is 2.26. The lowest BCUT2D eigenvalue weighted by molar-refractivity contribution is 0.480. The zero-order chi connectivity index (χ0) is 42.5. The van der Waals surface area contributed by atoms with Gasteiger partial charge in [0.1, 0.15) is 17.3 Å². The van der Waals surface area contributed by atoms with Crippen LogP contribution in [0.25, 0.3) is 60.8 Å². The van der Waals surface area contributed by atoms with Gasteiger partial charge in [-0.2, -0.15) is 5.10 Å². The van der Waals surface area contributed by atoms with Gasteiger partial charge in [0.2, 0.25) is 0 Å². The second-order valence-electron chi connectivity index (χ2n) is 17.7. The molecule has 0 fully saturated rings. The Morgan fingerprint density at radius 1 is 0.525 bits per heavy atom. The van der Waals surface area contributed by atoms with Crippen LogP contribution in [0, 0.1) is 55.4 Å². The van der Waals surface area contributed by atoms with Gasteiger partial charge in [-0.05, 0) is 132 Å². The lowest BCUT2D eigenvalue weighted by Crippen LogP contribution is -2.19. The SMILES string of the molecule is Cc1cc(C)c2c(c1)c1cc(C)cc(C)c1n2-c1c(C)cnc(-n2c3ccccc3c3ccc(Oc4cc(-n5nc(C)cc5C)cc(C(C)(C)c5ccccc5)c4)cc32)c1C. The van der Waals surface area contributed by atoms with Crippen molar-refractivity contribution >= 4 is 43.6 Å². The number of hydrogen-bond acceptors (Lipinski definition) is 3. The minimum atomic E-state index is -0.292. The summed E-state index contributed by atoms with van der Waals surface area (Å²) >= 11 is 0. The van der Waals surface area contributed by atoms with E-state index in [9.17, 15) is 0 Å². The fraction of sp³-hybridized carbons (Fsp3) is 0.200. The average Bonchev–Trinajstić information content (AvgIpc) is 3.86. The molecule has 0 aliphatic rings. The Morgan fingerprint density at radius 2 is 1.18 bits per heavy atom. The van der Waals surface area contributed by atoms with Crippen LogP contribution in [0.3, 0.4) is 0 Å². The molecule has 4 heterocycles. The molecule has 0 N–H and O–H groups in total. The van der Waals surface area contributed by atoms with Crippen LogP contribution in [0.1, 0.15) is 69.7 Å². The van der Waals surface area contributed by atoms with Gasteiger partial charge in [-0.15, -0.1) is 0 Å². The number of fused-ring (bicyclic) bond motifs is 6. The van der Waals surface area contributed by atoms with Gasteiger partial charge in [0.05, 0.1) is 39.1 Å². The maximum atomic E-state index is 6.95. The third-order valence-corrected chi connectivity index (χ3v) is 12.8. The van der Waals surface area contributed by atoms with E-state index in [1.807, 2.05) is 17.8 Å². The highest BCUT2D eigenvalue weighted by atomic mass is 16.5. The number of para-hydroxylation sites is 1. The predicted molar refractivity (Wildman–Crippen MR) is 253 cm³/mol. The number of benzene rings is 6. The summed E-state index contributed by atoms with van der Waals surface area (Å²) in [6.07, 6.45) is 2.05. The Kier molecular flexibility index (Phi) is 8.85. The molecule has 0 aliphatic carbocycles. The maximum Gasteiger partial charge on any atom is 0.142 e. The van der Waals surface area contributed by atoms with Crippen LogP contribution in [0.5, 0.6) is 11.5 Å². The fourth-order valence-corrected chi connectivity index (χ4v) is 9.96. The Morgan fingerprint density at radius 3 is 1.85 bits per heavy atom. The van der Waals surface area contributed by atoms with E-state index in [-0.39, 0.29) is 5.41 Å².